The summed E-state index contributed by atoms with van der Waals surface area (Å²) in [4.78, 5) is 12.6. The second-order valence-corrected chi connectivity index (χ2v) is 9.54. The van der Waals surface area contributed by atoms with Crippen molar-refractivity contribution < 1.29 is 14.3 Å². The van der Waals surface area contributed by atoms with Crippen LogP contribution in [-0.4, -0.2) is 32.2 Å². The van der Waals surface area contributed by atoms with Crippen LogP contribution >= 0.6 is 11.8 Å². The SMILES string of the molecule is CCn1c(SCC(=O)Nc2ccc3c(c2)OC2(CCCCC2)O3)nnc1-c1cccc(C)c1. The van der Waals surface area contributed by atoms with Crippen molar-refractivity contribution in [3.8, 4) is 22.9 Å². The van der Waals surface area contributed by atoms with E-state index >= 15 is 0 Å². The van der Waals surface area contributed by atoms with E-state index in [1.807, 2.05) is 34.9 Å². The van der Waals surface area contributed by atoms with E-state index in [9.17, 15) is 4.79 Å². The number of amides is 1. The van der Waals surface area contributed by atoms with Gasteiger partial charge in [-0.25, -0.2) is 0 Å². The maximum atomic E-state index is 12.6. The molecule has 2 aromatic carbocycles. The fraction of sp³-hybridized carbons (Fsp3) is 0.400. The number of anilines is 1. The molecule has 2 aliphatic rings. The molecular formula is C25H28N4O3S. The Kier molecular flexibility index (Phi) is 6.01. The zero-order valence-electron chi connectivity index (χ0n) is 19.0. The minimum Gasteiger partial charge on any atom is -0.448 e. The maximum absolute atomic E-state index is 12.6. The minimum atomic E-state index is -0.516. The Bertz CT molecular complexity index is 1170. The van der Waals surface area contributed by atoms with Crippen LogP contribution in [0.2, 0.25) is 0 Å². The van der Waals surface area contributed by atoms with Crippen molar-refractivity contribution >= 4 is 23.4 Å². The molecule has 1 fully saturated rings. The predicted octanol–water partition coefficient (Wildman–Crippen LogP) is 5.44. The highest BCUT2D eigenvalue weighted by molar-refractivity contribution is 7.99. The zero-order chi connectivity index (χ0) is 22.8. The molecule has 7 nitrogen and oxygen atoms in total. The molecule has 0 saturated heterocycles. The molecule has 33 heavy (non-hydrogen) atoms. The van der Waals surface area contributed by atoms with E-state index in [1.54, 1.807) is 0 Å². The van der Waals surface area contributed by atoms with E-state index in [-0.39, 0.29) is 11.7 Å². The minimum absolute atomic E-state index is 0.103. The van der Waals surface area contributed by atoms with E-state index < -0.39 is 5.79 Å². The Hall–Kier alpha value is -3.00. The third kappa shape index (κ3) is 4.57. The quantitative estimate of drug-likeness (QED) is 0.490. The summed E-state index contributed by atoms with van der Waals surface area (Å²) in [5, 5.41) is 12.4. The third-order valence-electron chi connectivity index (χ3n) is 6.08. The van der Waals surface area contributed by atoms with Crippen LogP contribution in [0.15, 0.2) is 47.6 Å². The van der Waals surface area contributed by atoms with E-state index in [2.05, 4.69) is 41.5 Å². The average Bonchev–Trinajstić information content (AvgIpc) is 3.38. The highest BCUT2D eigenvalue weighted by atomic mass is 32.2. The summed E-state index contributed by atoms with van der Waals surface area (Å²) in [6, 6.07) is 13.8. The first-order chi connectivity index (χ1) is 16.0. The Morgan fingerprint density at radius 1 is 1.09 bits per heavy atom. The maximum Gasteiger partial charge on any atom is 0.251 e. The van der Waals surface area contributed by atoms with Crippen molar-refractivity contribution in [1.82, 2.24) is 14.8 Å². The lowest BCUT2D eigenvalue weighted by molar-refractivity contribution is -0.113. The van der Waals surface area contributed by atoms with Crippen molar-refractivity contribution in [3.63, 3.8) is 0 Å². The fourth-order valence-corrected chi connectivity index (χ4v) is 5.27. The molecule has 1 aliphatic carbocycles. The summed E-state index contributed by atoms with van der Waals surface area (Å²) in [6.45, 7) is 4.84. The molecule has 0 atom stereocenters. The summed E-state index contributed by atoms with van der Waals surface area (Å²) in [5.74, 6) is 1.90. The number of nitrogens with zero attached hydrogens (tertiary/aromatic N) is 3. The van der Waals surface area contributed by atoms with Crippen molar-refractivity contribution in [2.45, 2.75) is 63.4 Å². The highest BCUT2D eigenvalue weighted by Crippen LogP contribution is 2.46. The smallest absolute Gasteiger partial charge is 0.251 e. The molecule has 0 radical (unpaired) electrons. The van der Waals surface area contributed by atoms with Crippen LogP contribution in [0.3, 0.4) is 0 Å². The number of benzene rings is 2. The lowest BCUT2D eigenvalue weighted by atomic mass is 9.94. The lowest BCUT2D eigenvalue weighted by Crippen LogP contribution is -2.40. The molecule has 8 heteroatoms. The van der Waals surface area contributed by atoms with Gasteiger partial charge in [-0.15, -0.1) is 10.2 Å². The first-order valence-electron chi connectivity index (χ1n) is 11.5. The van der Waals surface area contributed by atoms with Gasteiger partial charge in [0.15, 0.2) is 22.5 Å². The predicted molar refractivity (Wildman–Crippen MR) is 129 cm³/mol. The van der Waals surface area contributed by atoms with Gasteiger partial charge in [0.1, 0.15) is 0 Å². The van der Waals surface area contributed by atoms with Crippen molar-refractivity contribution in [2.24, 2.45) is 0 Å². The van der Waals surface area contributed by atoms with Crippen LogP contribution in [0, 0.1) is 6.92 Å². The number of fused-ring (bicyclic) bond motifs is 1. The van der Waals surface area contributed by atoms with Crippen LogP contribution in [0.1, 0.15) is 44.6 Å². The Morgan fingerprint density at radius 2 is 1.91 bits per heavy atom. The number of hydrogen-bond donors (Lipinski definition) is 1. The van der Waals surface area contributed by atoms with Gasteiger partial charge in [-0.2, -0.15) is 0 Å². The molecular weight excluding hydrogens is 436 g/mol. The normalized spacial score (nSPS) is 16.2. The van der Waals surface area contributed by atoms with E-state index in [0.717, 1.165) is 54.5 Å². The van der Waals surface area contributed by atoms with Crippen molar-refractivity contribution in [1.29, 1.82) is 0 Å². The summed E-state index contributed by atoms with van der Waals surface area (Å²) < 4.78 is 14.3. The van der Waals surface area contributed by atoms with Gasteiger partial charge in [-0.05, 0) is 44.9 Å². The Morgan fingerprint density at radius 3 is 2.70 bits per heavy atom. The van der Waals surface area contributed by atoms with Gasteiger partial charge in [-0.1, -0.05) is 41.9 Å². The first kappa shape index (κ1) is 21.8. The number of aromatic nitrogens is 3. The second kappa shape index (κ2) is 9.09. The molecule has 172 valence electrons. The van der Waals surface area contributed by atoms with Crippen LogP contribution < -0.4 is 14.8 Å². The summed E-state index contributed by atoms with van der Waals surface area (Å²) in [5.41, 5.74) is 2.90. The van der Waals surface area contributed by atoms with E-state index in [4.69, 9.17) is 9.47 Å². The molecule has 1 spiro atoms. The summed E-state index contributed by atoms with van der Waals surface area (Å²) in [6.07, 6.45) is 5.26. The summed E-state index contributed by atoms with van der Waals surface area (Å²) in [7, 11) is 0. The zero-order valence-corrected chi connectivity index (χ0v) is 19.8. The van der Waals surface area contributed by atoms with Gasteiger partial charge < -0.3 is 19.4 Å². The van der Waals surface area contributed by atoms with Crippen molar-refractivity contribution in [2.75, 3.05) is 11.1 Å². The molecule has 0 unspecified atom stereocenters. The van der Waals surface area contributed by atoms with Gasteiger partial charge in [0.05, 0.1) is 5.75 Å². The van der Waals surface area contributed by atoms with Crippen molar-refractivity contribution in [3.05, 3.63) is 48.0 Å². The van der Waals surface area contributed by atoms with Crippen LogP contribution in [0.5, 0.6) is 11.5 Å². The van der Waals surface area contributed by atoms with Crippen LogP contribution in [0.4, 0.5) is 5.69 Å². The Labute approximate surface area is 197 Å². The molecule has 1 amide bonds. The van der Waals surface area contributed by atoms with Gasteiger partial charge in [0.2, 0.25) is 5.91 Å². The molecule has 1 aromatic heterocycles. The number of hydrogen-bond acceptors (Lipinski definition) is 6. The monoisotopic (exact) mass is 464 g/mol. The van der Waals surface area contributed by atoms with Gasteiger partial charge in [0.25, 0.3) is 5.79 Å². The Balaban J connectivity index is 1.22. The van der Waals surface area contributed by atoms with Gasteiger partial charge in [0, 0.05) is 36.7 Å². The number of aryl methyl sites for hydroxylation is 1. The van der Waals surface area contributed by atoms with Crippen LogP contribution in [0.25, 0.3) is 11.4 Å². The van der Waals surface area contributed by atoms with Gasteiger partial charge in [-0.3, -0.25) is 4.79 Å². The van der Waals surface area contributed by atoms with Crippen LogP contribution in [-0.2, 0) is 11.3 Å². The molecule has 1 aliphatic heterocycles. The molecule has 2 heterocycles. The number of thioether (sulfide) groups is 1. The third-order valence-corrected chi connectivity index (χ3v) is 7.04. The summed E-state index contributed by atoms with van der Waals surface area (Å²) >= 11 is 1.38. The number of rotatable bonds is 6. The molecule has 3 aromatic rings. The average molecular weight is 465 g/mol. The van der Waals surface area contributed by atoms with Gasteiger partial charge >= 0.3 is 0 Å². The number of nitrogens with one attached hydrogen (secondary N) is 1. The topological polar surface area (TPSA) is 78.3 Å². The number of carbonyl (C=O) groups is 1. The molecule has 5 rings (SSSR count). The molecule has 0 bridgehead atoms. The van der Waals surface area contributed by atoms with E-state index in [1.165, 1.54) is 23.7 Å². The second-order valence-electron chi connectivity index (χ2n) is 8.59. The lowest BCUT2D eigenvalue weighted by Gasteiger charge is -2.31. The van der Waals surface area contributed by atoms with E-state index in [0.29, 0.717) is 11.4 Å². The highest BCUT2D eigenvalue weighted by Gasteiger charge is 2.42. The first-order valence-corrected chi connectivity index (χ1v) is 12.5. The number of ether oxygens (including phenoxy) is 2. The largest absolute Gasteiger partial charge is 0.448 e. The standard InChI is InChI=1S/C25H28N4O3S/c1-3-29-23(18-9-7-8-17(2)14-18)27-28-24(29)33-16-22(30)26-19-10-11-20-21(15-19)32-25(31-20)12-5-4-6-13-25/h7-11,14-15H,3-6,12-13,16H2,1-2H3,(H,26,30). The fourth-order valence-electron chi connectivity index (χ4n) is 4.47. The molecule has 1 N–H and O–H groups in total. The number of carbonyl (C=O) groups excluding carboxylic acids is 1. The molecule has 1 saturated carbocycles.